The van der Waals surface area contributed by atoms with E-state index in [1.807, 2.05) is 6.92 Å². The minimum atomic E-state index is -2.92. The summed E-state index contributed by atoms with van der Waals surface area (Å²) in [6, 6.07) is 5.89. The highest BCUT2D eigenvalue weighted by atomic mass is 32.2. The van der Waals surface area contributed by atoms with Crippen LogP contribution in [0.25, 0.3) is 11.0 Å². The van der Waals surface area contributed by atoms with Crippen LogP contribution in [0.3, 0.4) is 0 Å². The van der Waals surface area contributed by atoms with Crippen molar-refractivity contribution < 1.29 is 37.1 Å². The van der Waals surface area contributed by atoms with Gasteiger partial charge in [-0.2, -0.15) is 8.78 Å². The van der Waals surface area contributed by atoms with Crippen LogP contribution >= 0.6 is 0 Å². The number of aromatic nitrogens is 3. The quantitative estimate of drug-likeness (QED) is 0.233. The Morgan fingerprint density at radius 3 is 2.61 bits per heavy atom. The fourth-order valence-electron chi connectivity index (χ4n) is 9.70. The highest BCUT2D eigenvalue weighted by Crippen LogP contribution is 2.66. The number of benzene rings is 1. The number of nitrogens with one attached hydrogen (secondary N) is 1. The van der Waals surface area contributed by atoms with Crippen molar-refractivity contribution in [3.63, 3.8) is 0 Å². The number of nitrogens with zero attached hydrogens (tertiary/aromatic N) is 2. The molecule has 2 aromatic heterocycles. The molecule has 49 heavy (non-hydrogen) atoms. The van der Waals surface area contributed by atoms with Crippen LogP contribution in [0.4, 0.5) is 8.78 Å². The van der Waals surface area contributed by atoms with Gasteiger partial charge in [0.1, 0.15) is 11.5 Å². The van der Waals surface area contributed by atoms with Gasteiger partial charge >= 0.3 is 6.61 Å². The molecule has 3 fully saturated rings. The van der Waals surface area contributed by atoms with E-state index in [2.05, 4.69) is 39.6 Å². The Bertz CT molecular complexity index is 1750. The number of hydrogen-bond acceptors (Lipinski definition) is 8. The molecule has 0 spiro atoms. The number of pyridine rings is 1. The highest BCUT2D eigenvalue weighted by molar-refractivity contribution is 7.84. The standard InChI is InChI=1S/C21H32O2.C16H15F2N3O4S/c1-13(22)17-6-7-18-16-5-4-14-12-15(23)8-10-20(14,2)19(16)9-11-21(17,18)3;1-23-13-5-6-19-12(14(13)24-2)8-26(22)16-20-10-4-3-9(25-15(17)18)7-11(10)21-16/h4,15-19,23H,5-12H2,1-3H3;3-7,15H,8H2,1-2H3,(H,20,21)/t15-,16-,17+,18-,19-,20-,21+;/m0./s1. The number of Topliss-reactive ketones (excluding diaryl/α,β-unsaturated/α-hetero) is 1. The number of allylic oxidation sites excluding steroid dienone is 1. The van der Waals surface area contributed by atoms with Crippen molar-refractivity contribution in [3.05, 3.63) is 47.8 Å². The van der Waals surface area contributed by atoms with Crippen LogP contribution < -0.4 is 14.2 Å². The van der Waals surface area contributed by atoms with Gasteiger partial charge in [0.15, 0.2) is 16.7 Å². The number of fused-ring (bicyclic) bond motifs is 6. The molecule has 3 saturated carbocycles. The Morgan fingerprint density at radius 1 is 1.10 bits per heavy atom. The summed E-state index contributed by atoms with van der Waals surface area (Å²) in [4.78, 5) is 23.4. The predicted molar refractivity (Wildman–Crippen MR) is 182 cm³/mol. The minimum Gasteiger partial charge on any atom is -0.493 e. The predicted octanol–water partition coefficient (Wildman–Crippen LogP) is 7.40. The molecule has 2 heterocycles. The first-order valence-corrected chi connectivity index (χ1v) is 18.5. The van der Waals surface area contributed by atoms with Gasteiger partial charge in [0.25, 0.3) is 0 Å². The van der Waals surface area contributed by atoms with Crippen LogP contribution in [0, 0.1) is 34.5 Å². The van der Waals surface area contributed by atoms with Crippen molar-refractivity contribution in [2.24, 2.45) is 34.5 Å². The van der Waals surface area contributed by atoms with E-state index >= 15 is 0 Å². The van der Waals surface area contributed by atoms with Crippen LogP contribution in [0.2, 0.25) is 0 Å². The molecule has 9 nitrogen and oxygen atoms in total. The molecule has 3 aromatic rings. The van der Waals surface area contributed by atoms with Crippen LogP contribution in [-0.2, 0) is 21.3 Å². The third-order valence-corrected chi connectivity index (χ3v) is 13.2. The molecule has 1 unspecified atom stereocenters. The van der Waals surface area contributed by atoms with Crippen molar-refractivity contribution >= 4 is 27.6 Å². The molecule has 0 aliphatic heterocycles. The molecule has 7 rings (SSSR count). The number of carbonyl (C=O) groups is 1. The van der Waals surface area contributed by atoms with Crippen LogP contribution in [0.1, 0.15) is 77.8 Å². The van der Waals surface area contributed by atoms with E-state index in [1.54, 1.807) is 11.6 Å². The number of ketones is 1. The molecule has 12 heteroatoms. The van der Waals surface area contributed by atoms with Crippen molar-refractivity contribution in [3.8, 4) is 17.2 Å². The zero-order chi connectivity index (χ0) is 35.1. The van der Waals surface area contributed by atoms with E-state index in [-0.39, 0.29) is 28.2 Å². The lowest BCUT2D eigenvalue weighted by Gasteiger charge is -2.57. The molecule has 4 aliphatic rings. The van der Waals surface area contributed by atoms with Gasteiger partial charge < -0.3 is 24.3 Å². The van der Waals surface area contributed by atoms with E-state index in [4.69, 9.17) is 9.47 Å². The number of aliphatic hydroxyl groups excluding tert-OH is 1. The number of H-pyrrole nitrogens is 1. The van der Waals surface area contributed by atoms with Crippen LogP contribution in [-0.4, -0.2) is 57.0 Å². The van der Waals surface area contributed by atoms with Crippen molar-refractivity contribution in [1.29, 1.82) is 0 Å². The Morgan fingerprint density at radius 2 is 1.90 bits per heavy atom. The first-order chi connectivity index (χ1) is 23.4. The summed E-state index contributed by atoms with van der Waals surface area (Å²) < 4.78 is 52.1. The van der Waals surface area contributed by atoms with Gasteiger partial charge in [-0.15, -0.1) is 0 Å². The van der Waals surface area contributed by atoms with E-state index in [1.165, 1.54) is 64.3 Å². The first kappa shape index (κ1) is 35.4. The normalized spacial score (nSPS) is 31.0. The second kappa shape index (κ2) is 14.1. The van der Waals surface area contributed by atoms with Gasteiger partial charge in [0.05, 0.1) is 53.6 Å². The van der Waals surface area contributed by atoms with Gasteiger partial charge in [-0.1, -0.05) is 25.5 Å². The molecule has 266 valence electrons. The first-order valence-electron chi connectivity index (χ1n) is 17.1. The number of carbonyl (C=O) groups excluding carboxylic acids is 1. The molecular weight excluding hydrogens is 652 g/mol. The number of imidazole rings is 1. The number of aliphatic hydroxyl groups is 1. The number of hydrogen-bond donors (Lipinski definition) is 2. The molecule has 1 aromatic carbocycles. The number of methoxy groups -OCH3 is 2. The topological polar surface area (TPSA) is 124 Å². The number of halogens is 2. The number of aromatic amines is 1. The Balaban J connectivity index is 0.000000171. The van der Waals surface area contributed by atoms with Crippen LogP contribution in [0.5, 0.6) is 17.2 Å². The average molecular weight is 700 g/mol. The molecule has 8 atom stereocenters. The summed E-state index contributed by atoms with van der Waals surface area (Å²) >= 11 is 0. The smallest absolute Gasteiger partial charge is 0.387 e. The molecule has 4 aliphatic carbocycles. The number of alkyl halides is 2. The molecule has 2 N–H and O–H groups in total. The zero-order valence-corrected chi connectivity index (χ0v) is 29.7. The summed E-state index contributed by atoms with van der Waals surface area (Å²) in [5.41, 5.74) is 3.49. The zero-order valence-electron chi connectivity index (χ0n) is 28.8. The lowest BCUT2D eigenvalue weighted by Crippen LogP contribution is -2.50. The van der Waals surface area contributed by atoms with Gasteiger partial charge in [0, 0.05) is 24.2 Å². The van der Waals surface area contributed by atoms with Gasteiger partial charge in [-0.3, -0.25) is 14.0 Å². The Kier molecular flexibility index (Phi) is 10.2. The third-order valence-electron chi connectivity index (χ3n) is 12.1. The van der Waals surface area contributed by atoms with Gasteiger partial charge in [-0.25, -0.2) is 4.98 Å². The van der Waals surface area contributed by atoms with Crippen LogP contribution in [0.15, 0.2) is 47.3 Å². The molecule has 0 amide bonds. The SMILES string of the molecule is CC(=O)[C@H]1CC[C@H]2[C@@H]3CC=C4C[C@@H](O)CC[C@]4(C)[C@H]3CC[C@]12C.COc1ccnc(CS(=O)c2nc3ccc(OC(F)F)cc3[nH]2)c1OC. The lowest BCUT2D eigenvalue weighted by atomic mass is 9.47. The van der Waals surface area contributed by atoms with E-state index in [0.717, 1.165) is 43.4 Å². The summed E-state index contributed by atoms with van der Waals surface area (Å²) in [6.45, 7) is 3.78. The molecule has 0 saturated heterocycles. The highest BCUT2D eigenvalue weighted by Gasteiger charge is 2.59. The van der Waals surface area contributed by atoms with Crippen molar-refractivity contribution in [2.75, 3.05) is 14.2 Å². The average Bonchev–Trinajstić information content (AvgIpc) is 3.66. The summed E-state index contributed by atoms with van der Waals surface area (Å²) in [5, 5.41) is 10.3. The van der Waals surface area contributed by atoms with E-state index in [9.17, 15) is 22.9 Å². The summed E-state index contributed by atoms with van der Waals surface area (Å²) in [5.74, 6) is 3.91. The maximum atomic E-state index is 12.6. The summed E-state index contributed by atoms with van der Waals surface area (Å²) in [7, 11) is 1.41. The van der Waals surface area contributed by atoms with Gasteiger partial charge in [-0.05, 0) is 99.0 Å². The van der Waals surface area contributed by atoms with Gasteiger partial charge in [0.2, 0.25) is 0 Å². The summed E-state index contributed by atoms with van der Waals surface area (Å²) in [6.07, 6.45) is 13.0. The maximum absolute atomic E-state index is 12.6. The molecular formula is C37H47F2N3O6S. The Labute approximate surface area is 288 Å². The fraction of sp³-hybridized carbons (Fsp3) is 0.595. The van der Waals surface area contributed by atoms with E-state index < -0.39 is 17.4 Å². The third kappa shape index (κ3) is 6.74. The second-order valence-corrected chi connectivity index (χ2v) is 15.9. The number of rotatable bonds is 8. The molecule has 0 bridgehead atoms. The Hall–Kier alpha value is -3.38. The molecule has 0 radical (unpaired) electrons. The number of ether oxygens (including phenoxy) is 3. The maximum Gasteiger partial charge on any atom is 0.387 e. The monoisotopic (exact) mass is 699 g/mol. The minimum absolute atomic E-state index is 0.00962. The van der Waals surface area contributed by atoms with Crippen molar-refractivity contribution in [2.45, 2.75) is 95.8 Å². The largest absolute Gasteiger partial charge is 0.493 e. The van der Waals surface area contributed by atoms with E-state index in [0.29, 0.717) is 45.3 Å². The fourth-order valence-corrected chi connectivity index (χ4v) is 10.7. The van der Waals surface area contributed by atoms with Crippen molar-refractivity contribution in [1.82, 2.24) is 15.0 Å². The lowest BCUT2D eigenvalue weighted by molar-refractivity contribution is -0.127. The second-order valence-electron chi connectivity index (χ2n) is 14.5.